The standard InChI is InChI=1S/C9H14N2OS/c1-6(2)8(12)7-4-10-5-11-9(7)13-3/h4-6,8,12H,1-3H3. The quantitative estimate of drug-likeness (QED) is 0.595. The van der Waals surface area contributed by atoms with Gasteiger partial charge in [0.1, 0.15) is 11.4 Å². The zero-order valence-electron chi connectivity index (χ0n) is 8.06. The Morgan fingerprint density at radius 3 is 2.69 bits per heavy atom. The maximum Gasteiger partial charge on any atom is 0.116 e. The summed E-state index contributed by atoms with van der Waals surface area (Å²) in [4.78, 5) is 8.00. The second kappa shape index (κ2) is 4.58. The molecular formula is C9H14N2OS. The second-order valence-electron chi connectivity index (χ2n) is 3.18. The van der Waals surface area contributed by atoms with Crippen molar-refractivity contribution in [1.29, 1.82) is 0 Å². The van der Waals surface area contributed by atoms with Crippen molar-refractivity contribution in [1.82, 2.24) is 9.97 Å². The summed E-state index contributed by atoms with van der Waals surface area (Å²) >= 11 is 1.53. The Labute approximate surface area is 82.6 Å². The molecule has 1 aromatic heterocycles. The van der Waals surface area contributed by atoms with Crippen molar-refractivity contribution < 1.29 is 5.11 Å². The molecule has 0 aliphatic heterocycles. The molecule has 3 nitrogen and oxygen atoms in total. The first kappa shape index (κ1) is 10.5. The first-order valence-corrected chi connectivity index (χ1v) is 5.41. The molecule has 4 heteroatoms. The molecule has 0 saturated heterocycles. The average molecular weight is 198 g/mol. The first-order chi connectivity index (χ1) is 6.16. The van der Waals surface area contributed by atoms with E-state index in [-0.39, 0.29) is 5.92 Å². The molecule has 1 N–H and O–H groups in total. The van der Waals surface area contributed by atoms with Crippen LogP contribution in [-0.4, -0.2) is 21.3 Å². The van der Waals surface area contributed by atoms with E-state index >= 15 is 0 Å². The highest BCUT2D eigenvalue weighted by Crippen LogP contribution is 2.27. The Hall–Kier alpha value is -0.610. The Balaban J connectivity index is 2.98. The molecule has 0 radical (unpaired) electrons. The first-order valence-electron chi connectivity index (χ1n) is 4.18. The van der Waals surface area contributed by atoms with Crippen molar-refractivity contribution in [2.75, 3.05) is 6.26 Å². The van der Waals surface area contributed by atoms with Gasteiger partial charge < -0.3 is 5.11 Å². The Morgan fingerprint density at radius 2 is 2.15 bits per heavy atom. The van der Waals surface area contributed by atoms with Crippen molar-refractivity contribution >= 4 is 11.8 Å². The van der Waals surface area contributed by atoms with Crippen molar-refractivity contribution in [3.8, 4) is 0 Å². The molecule has 0 spiro atoms. The van der Waals surface area contributed by atoms with Crippen LogP contribution in [0, 0.1) is 5.92 Å². The molecular weight excluding hydrogens is 184 g/mol. The molecule has 0 fully saturated rings. The van der Waals surface area contributed by atoms with Crippen molar-refractivity contribution in [3.05, 3.63) is 18.1 Å². The van der Waals surface area contributed by atoms with Gasteiger partial charge in [-0.05, 0) is 12.2 Å². The van der Waals surface area contributed by atoms with Gasteiger partial charge >= 0.3 is 0 Å². The third kappa shape index (κ3) is 2.42. The number of hydrogen-bond donors (Lipinski definition) is 1. The number of thioether (sulfide) groups is 1. The zero-order valence-corrected chi connectivity index (χ0v) is 8.88. The van der Waals surface area contributed by atoms with Crippen molar-refractivity contribution in [3.63, 3.8) is 0 Å². The lowest BCUT2D eigenvalue weighted by Gasteiger charge is -2.15. The molecule has 1 aromatic rings. The van der Waals surface area contributed by atoms with E-state index in [1.54, 1.807) is 6.20 Å². The lowest BCUT2D eigenvalue weighted by Crippen LogP contribution is -2.08. The molecule has 1 rings (SSSR count). The molecule has 0 bridgehead atoms. The van der Waals surface area contributed by atoms with Gasteiger partial charge in [-0.1, -0.05) is 13.8 Å². The Bertz CT molecular complexity index is 278. The normalized spacial score (nSPS) is 13.3. The van der Waals surface area contributed by atoms with E-state index in [2.05, 4.69) is 9.97 Å². The van der Waals surface area contributed by atoms with Gasteiger partial charge in [0.15, 0.2) is 0 Å². The Kier molecular flexibility index (Phi) is 3.69. The van der Waals surface area contributed by atoms with E-state index in [9.17, 15) is 5.11 Å². The van der Waals surface area contributed by atoms with Gasteiger partial charge in [-0.15, -0.1) is 11.8 Å². The molecule has 1 atom stereocenters. The molecule has 1 unspecified atom stereocenters. The number of aliphatic hydroxyl groups is 1. The summed E-state index contributed by atoms with van der Waals surface area (Å²) in [7, 11) is 0. The van der Waals surface area contributed by atoms with Gasteiger partial charge in [-0.25, -0.2) is 9.97 Å². The third-order valence-corrected chi connectivity index (χ3v) is 2.57. The molecule has 0 aromatic carbocycles. The number of rotatable bonds is 3. The molecule has 1 heterocycles. The second-order valence-corrected chi connectivity index (χ2v) is 3.97. The van der Waals surface area contributed by atoms with E-state index in [4.69, 9.17) is 0 Å². The summed E-state index contributed by atoms with van der Waals surface area (Å²) in [5.41, 5.74) is 0.824. The van der Waals surface area contributed by atoms with Gasteiger partial charge in [0, 0.05) is 11.8 Å². The van der Waals surface area contributed by atoms with Crippen LogP contribution in [0.1, 0.15) is 25.5 Å². The van der Waals surface area contributed by atoms with Crippen LogP contribution in [-0.2, 0) is 0 Å². The van der Waals surface area contributed by atoms with Crippen molar-refractivity contribution in [2.45, 2.75) is 25.0 Å². The fourth-order valence-corrected chi connectivity index (χ4v) is 1.62. The van der Waals surface area contributed by atoms with Gasteiger partial charge in [0.2, 0.25) is 0 Å². The van der Waals surface area contributed by atoms with Crippen LogP contribution in [0.4, 0.5) is 0 Å². The number of nitrogens with zero attached hydrogens (tertiary/aromatic N) is 2. The number of hydrogen-bond acceptors (Lipinski definition) is 4. The minimum absolute atomic E-state index is 0.192. The van der Waals surface area contributed by atoms with Gasteiger partial charge in [-0.3, -0.25) is 0 Å². The van der Waals surface area contributed by atoms with E-state index in [0.29, 0.717) is 0 Å². The van der Waals surface area contributed by atoms with E-state index in [0.717, 1.165) is 10.6 Å². The predicted molar refractivity (Wildman–Crippen MR) is 53.6 cm³/mol. The Morgan fingerprint density at radius 1 is 1.46 bits per heavy atom. The lowest BCUT2D eigenvalue weighted by atomic mass is 10.0. The summed E-state index contributed by atoms with van der Waals surface area (Å²) in [6.45, 7) is 3.95. The third-order valence-electron chi connectivity index (χ3n) is 1.85. The van der Waals surface area contributed by atoms with E-state index in [1.807, 2.05) is 20.1 Å². The molecule has 0 saturated carbocycles. The zero-order chi connectivity index (χ0) is 9.84. The van der Waals surface area contributed by atoms with Crippen LogP contribution in [0.5, 0.6) is 0 Å². The van der Waals surface area contributed by atoms with Gasteiger partial charge in [-0.2, -0.15) is 0 Å². The average Bonchev–Trinajstić information content (AvgIpc) is 2.16. The highest BCUT2D eigenvalue weighted by Gasteiger charge is 2.16. The molecule has 0 aliphatic rings. The maximum absolute atomic E-state index is 9.82. The van der Waals surface area contributed by atoms with Crippen LogP contribution in [0.2, 0.25) is 0 Å². The highest BCUT2D eigenvalue weighted by atomic mass is 32.2. The smallest absolute Gasteiger partial charge is 0.116 e. The van der Waals surface area contributed by atoms with Crippen LogP contribution in [0.15, 0.2) is 17.6 Å². The minimum Gasteiger partial charge on any atom is -0.388 e. The van der Waals surface area contributed by atoms with Gasteiger partial charge in [0.05, 0.1) is 6.10 Å². The van der Waals surface area contributed by atoms with Crippen LogP contribution >= 0.6 is 11.8 Å². The molecule has 0 amide bonds. The highest BCUT2D eigenvalue weighted by molar-refractivity contribution is 7.98. The van der Waals surface area contributed by atoms with Crippen molar-refractivity contribution in [2.24, 2.45) is 5.92 Å². The molecule has 13 heavy (non-hydrogen) atoms. The van der Waals surface area contributed by atoms with Crippen LogP contribution in [0.25, 0.3) is 0 Å². The molecule has 72 valence electrons. The largest absolute Gasteiger partial charge is 0.388 e. The number of aliphatic hydroxyl groups excluding tert-OH is 1. The van der Waals surface area contributed by atoms with E-state index in [1.165, 1.54) is 18.1 Å². The van der Waals surface area contributed by atoms with E-state index < -0.39 is 6.10 Å². The van der Waals surface area contributed by atoms with Crippen LogP contribution in [0.3, 0.4) is 0 Å². The fraction of sp³-hybridized carbons (Fsp3) is 0.556. The SMILES string of the molecule is CSc1ncncc1C(O)C(C)C. The summed E-state index contributed by atoms with van der Waals surface area (Å²) < 4.78 is 0. The van der Waals surface area contributed by atoms with Crippen LogP contribution < -0.4 is 0 Å². The fourth-order valence-electron chi connectivity index (χ4n) is 1.06. The predicted octanol–water partition coefficient (Wildman–Crippen LogP) is 1.89. The monoisotopic (exact) mass is 198 g/mol. The summed E-state index contributed by atoms with van der Waals surface area (Å²) in [5.74, 6) is 0.192. The summed E-state index contributed by atoms with van der Waals surface area (Å²) in [6, 6.07) is 0. The topological polar surface area (TPSA) is 46.0 Å². The summed E-state index contributed by atoms with van der Waals surface area (Å²) in [5, 5.41) is 10.7. The molecule has 0 aliphatic carbocycles. The van der Waals surface area contributed by atoms with Gasteiger partial charge in [0.25, 0.3) is 0 Å². The minimum atomic E-state index is -0.469. The maximum atomic E-state index is 9.82. The summed E-state index contributed by atoms with van der Waals surface area (Å²) in [6.07, 6.45) is 4.66. The lowest BCUT2D eigenvalue weighted by molar-refractivity contribution is 0.123. The number of aromatic nitrogens is 2.